The summed E-state index contributed by atoms with van der Waals surface area (Å²) in [6.45, 7) is 7.59. The molecule has 0 bridgehead atoms. The highest BCUT2D eigenvalue weighted by Gasteiger charge is 2.15. The van der Waals surface area contributed by atoms with Gasteiger partial charge in [-0.3, -0.25) is 0 Å². The van der Waals surface area contributed by atoms with Gasteiger partial charge >= 0.3 is 0 Å². The summed E-state index contributed by atoms with van der Waals surface area (Å²) in [5.41, 5.74) is 1.31. The molecule has 0 saturated carbocycles. The second-order valence-electron chi connectivity index (χ2n) is 5.72. The van der Waals surface area contributed by atoms with Gasteiger partial charge in [-0.2, -0.15) is 0 Å². The Kier molecular flexibility index (Phi) is 4.76. The van der Waals surface area contributed by atoms with Gasteiger partial charge in [-0.1, -0.05) is 20.8 Å². The van der Waals surface area contributed by atoms with Crippen LogP contribution in [-0.4, -0.2) is 7.11 Å². The summed E-state index contributed by atoms with van der Waals surface area (Å²) in [4.78, 5) is 2.77. The molecule has 2 nitrogen and oxygen atoms in total. The number of thiophene rings is 1. The van der Waals surface area contributed by atoms with Crippen molar-refractivity contribution in [3.8, 4) is 5.75 Å². The van der Waals surface area contributed by atoms with Crippen molar-refractivity contribution in [1.29, 1.82) is 0 Å². The van der Waals surface area contributed by atoms with Crippen LogP contribution >= 0.6 is 27.3 Å². The zero-order chi connectivity index (χ0) is 14.8. The second-order valence-corrected chi connectivity index (χ2v) is 7.74. The van der Waals surface area contributed by atoms with E-state index in [0.717, 1.165) is 22.5 Å². The maximum absolute atomic E-state index is 5.23. The van der Waals surface area contributed by atoms with E-state index in [1.54, 1.807) is 7.11 Å². The SMILES string of the molecule is COc1ccc(NCc2ccc(C(C)(C)C)s2)cc1Br. The Balaban J connectivity index is 2.02. The zero-order valence-corrected chi connectivity index (χ0v) is 14.7. The van der Waals surface area contributed by atoms with Crippen LogP contribution in [0.3, 0.4) is 0 Å². The molecule has 108 valence electrons. The number of hydrogen-bond donors (Lipinski definition) is 1. The Bertz CT molecular complexity index is 586. The molecule has 0 spiro atoms. The molecular weight excluding hydrogens is 334 g/mol. The third kappa shape index (κ3) is 3.76. The first kappa shape index (κ1) is 15.4. The molecule has 1 aromatic heterocycles. The molecule has 0 atom stereocenters. The molecule has 2 aromatic rings. The molecule has 0 aliphatic rings. The van der Waals surface area contributed by atoms with Crippen molar-refractivity contribution in [3.63, 3.8) is 0 Å². The molecule has 0 radical (unpaired) electrons. The molecule has 0 aliphatic carbocycles. The van der Waals surface area contributed by atoms with Gasteiger partial charge in [0.15, 0.2) is 0 Å². The zero-order valence-electron chi connectivity index (χ0n) is 12.3. The smallest absolute Gasteiger partial charge is 0.133 e. The minimum atomic E-state index is 0.228. The van der Waals surface area contributed by atoms with Gasteiger partial charge in [-0.15, -0.1) is 11.3 Å². The van der Waals surface area contributed by atoms with Crippen molar-refractivity contribution in [2.24, 2.45) is 0 Å². The van der Waals surface area contributed by atoms with Gasteiger partial charge in [0.1, 0.15) is 5.75 Å². The number of rotatable bonds is 4. The summed E-state index contributed by atoms with van der Waals surface area (Å²) in [5.74, 6) is 0.849. The second kappa shape index (κ2) is 6.19. The van der Waals surface area contributed by atoms with Crippen molar-refractivity contribution >= 4 is 33.0 Å². The summed E-state index contributed by atoms with van der Waals surface area (Å²) in [6.07, 6.45) is 0. The molecule has 1 aromatic carbocycles. The van der Waals surface area contributed by atoms with E-state index in [4.69, 9.17) is 4.74 Å². The predicted molar refractivity (Wildman–Crippen MR) is 91.0 cm³/mol. The Hall–Kier alpha value is -1.00. The first-order valence-corrected chi connectivity index (χ1v) is 8.17. The Labute approximate surface area is 133 Å². The fraction of sp³-hybridized carbons (Fsp3) is 0.375. The van der Waals surface area contributed by atoms with E-state index in [1.165, 1.54) is 9.75 Å². The van der Waals surface area contributed by atoms with Crippen molar-refractivity contribution < 1.29 is 4.74 Å². The lowest BCUT2D eigenvalue weighted by atomic mass is 9.95. The first-order chi connectivity index (χ1) is 9.40. The van der Waals surface area contributed by atoms with Crippen LogP contribution in [0.4, 0.5) is 5.69 Å². The van der Waals surface area contributed by atoms with E-state index in [2.05, 4.69) is 54.2 Å². The van der Waals surface area contributed by atoms with Crippen molar-refractivity contribution in [1.82, 2.24) is 0 Å². The van der Waals surface area contributed by atoms with Crippen LogP contribution in [0.15, 0.2) is 34.8 Å². The highest BCUT2D eigenvalue weighted by molar-refractivity contribution is 9.10. The van der Waals surface area contributed by atoms with Crippen LogP contribution in [0.25, 0.3) is 0 Å². The maximum Gasteiger partial charge on any atom is 0.133 e. The Morgan fingerprint density at radius 2 is 1.95 bits per heavy atom. The highest BCUT2D eigenvalue weighted by Crippen LogP contribution is 2.31. The van der Waals surface area contributed by atoms with E-state index < -0.39 is 0 Å². The van der Waals surface area contributed by atoms with Gasteiger partial charge < -0.3 is 10.1 Å². The van der Waals surface area contributed by atoms with E-state index >= 15 is 0 Å². The lowest BCUT2D eigenvalue weighted by molar-refractivity contribution is 0.412. The number of hydrogen-bond acceptors (Lipinski definition) is 3. The topological polar surface area (TPSA) is 21.3 Å². The van der Waals surface area contributed by atoms with Crippen LogP contribution < -0.4 is 10.1 Å². The van der Waals surface area contributed by atoms with Gasteiger partial charge in [-0.25, -0.2) is 0 Å². The summed E-state index contributed by atoms with van der Waals surface area (Å²) >= 11 is 5.37. The van der Waals surface area contributed by atoms with E-state index in [9.17, 15) is 0 Å². The van der Waals surface area contributed by atoms with Gasteiger partial charge in [0.25, 0.3) is 0 Å². The van der Waals surface area contributed by atoms with Crippen molar-refractivity contribution in [2.45, 2.75) is 32.7 Å². The van der Waals surface area contributed by atoms with Gasteiger partial charge in [0.05, 0.1) is 11.6 Å². The Morgan fingerprint density at radius 1 is 1.20 bits per heavy atom. The first-order valence-electron chi connectivity index (χ1n) is 6.57. The van der Waals surface area contributed by atoms with Gasteiger partial charge in [-0.05, 0) is 51.7 Å². The largest absolute Gasteiger partial charge is 0.496 e. The monoisotopic (exact) mass is 353 g/mol. The number of methoxy groups -OCH3 is 1. The lowest BCUT2D eigenvalue weighted by Crippen LogP contribution is -2.07. The molecule has 4 heteroatoms. The number of nitrogens with one attached hydrogen (secondary N) is 1. The molecule has 0 amide bonds. The molecule has 0 aliphatic heterocycles. The molecule has 20 heavy (non-hydrogen) atoms. The number of ether oxygens (including phenoxy) is 1. The van der Waals surface area contributed by atoms with Crippen LogP contribution in [0.1, 0.15) is 30.5 Å². The molecule has 0 fully saturated rings. The number of benzene rings is 1. The standard InChI is InChI=1S/C16H20BrNOS/c1-16(2,3)15-8-6-12(20-15)10-18-11-5-7-14(19-4)13(17)9-11/h5-9,18H,10H2,1-4H3. The summed E-state index contributed by atoms with van der Waals surface area (Å²) in [5, 5.41) is 3.44. The summed E-state index contributed by atoms with van der Waals surface area (Å²) < 4.78 is 6.20. The molecular formula is C16H20BrNOS. The number of halogens is 1. The fourth-order valence-corrected chi connectivity index (χ4v) is 3.39. The van der Waals surface area contributed by atoms with E-state index in [0.29, 0.717) is 0 Å². The van der Waals surface area contributed by atoms with Crippen LogP contribution in [0.2, 0.25) is 0 Å². The predicted octanol–water partition coefficient (Wildman–Crippen LogP) is 5.43. The fourth-order valence-electron chi connectivity index (χ4n) is 1.84. The molecule has 0 saturated heterocycles. The average Bonchev–Trinajstić information content (AvgIpc) is 2.85. The van der Waals surface area contributed by atoms with Crippen LogP contribution in [-0.2, 0) is 12.0 Å². The summed E-state index contributed by atoms with van der Waals surface area (Å²) in [6, 6.07) is 10.5. The summed E-state index contributed by atoms with van der Waals surface area (Å²) in [7, 11) is 1.67. The van der Waals surface area contributed by atoms with Crippen LogP contribution in [0, 0.1) is 0 Å². The maximum atomic E-state index is 5.23. The molecule has 1 N–H and O–H groups in total. The lowest BCUT2D eigenvalue weighted by Gasteiger charge is -2.15. The van der Waals surface area contributed by atoms with Crippen LogP contribution in [0.5, 0.6) is 5.75 Å². The third-order valence-corrected chi connectivity index (χ3v) is 5.15. The quantitative estimate of drug-likeness (QED) is 0.791. The van der Waals surface area contributed by atoms with E-state index in [1.807, 2.05) is 29.5 Å². The minimum Gasteiger partial charge on any atom is -0.496 e. The third-order valence-electron chi connectivity index (χ3n) is 3.02. The average molecular weight is 354 g/mol. The van der Waals surface area contributed by atoms with Gasteiger partial charge in [0, 0.05) is 22.0 Å². The van der Waals surface area contributed by atoms with Gasteiger partial charge in [0.2, 0.25) is 0 Å². The Morgan fingerprint density at radius 3 is 2.50 bits per heavy atom. The molecule has 1 heterocycles. The normalized spacial score (nSPS) is 11.4. The van der Waals surface area contributed by atoms with Crippen molar-refractivity contribution in [3.05, 3.63) is 44.6 Å². The number of anilines is 1. The highest BCUT2D eigenvalue weighted by atomic mass is 79.9. The molecule has 0 unspecified atom stereocenters. The van der Waals surface area contributed by atoms with Crippen molar-refractivity contribution in [2.75, 3.05) is 12.4 Å². The van der Waals surface area contributed by atoms with E-state index in [-0.39, 0.29) is 5.41 Å². The molecule has 2 rings (SSSR count). The minimum absolute atomic E-state index is 0.228.